The summed E-state index contributed by atoms with van der Waals surface area (Å²) in [7, 11) is 1.78. The van der Waals surface area contributed by atoms with Crippen molar-refractivity contribution in [2.24, 2.45) is 5.92 Å². The lowest BCUT2D eigenvalue weighted by Crippen LogP contribution is -2.52. The molecule has 0 aromatic heterocycles. The van der Waals surface area contributed by atoms with Crippen LogP contribution in [0.15, 0.2) is 0 Å². The Morgan fingerprint density at radius 2 is 1.94 bits per heavy atom. The van der Waals surface area contributed by atoms with Crippen molar-refractivity contribution in [1.82, 2.24) is 0 Å². The molecule has 3 heteroatoms. The molecular weight excluding hydrogens is 268 g/mol. The summed E-state index contributed by atoms with van der Waals surface area (Å²) in [4.78, 5) is 0.492. The zero-order valence-electron chi connectivity index (χ0n) is 10.3. The topological polar surface area (TPSA) is 18.5 Å². The Morgan fingerprint density at radius 3 is 2.56 bits per heavy atom. The van der Waals surface area contributed by atoms with Gasteiger partial charge in [0, 0.05) is 11.9 Å². The van der Waals surface area contributed by atoms with Crippen LogP contribution < -0.4 is 0 Å². The van der Waals surface area contributed by atoms with E-state index in [4.69, 9.17) is 9.47 Å². The second-order valence-electron chi connectivity index (χ2n) is 5.12. The van der Waals surface area contributed by atoms with Crippen LogP contribution >= 0.6 is 15.9 Å². The molecule has 2 saturated carbocycles. The number of alkyl halides is 1. The Morgan fingerprint density at radius 1 is 1.19 bits per heavy atom. The fourth-order valence-corrected chi connectivity index (χ4v) is 3.93. The molecule has 94 valence electrons. The number of methoxy groups -OCH3 is 1. The molecule has 2 rings (SSSR count). The zero-order valence-corrected chi connectivity index (χ0v) is 11.9. The van der Waals surface area contributed by atoms with Crippen LogP contribution in [0.5, 0.6) is 0 Å². The van der Waals surface area contributed by atoms with Crippen LogP contribution in [0.3, 0.4) is 0 Å². The van der Waals surface area contributed by atoms with Gasteiger partial charge < -0.3 is 9.47 Å². The third kappa shape index (κ3) is 2.62. The van der Waals surface area contributed by atoms with Crippen molar-refractivity contribution < 1.29 is 9.47 Å². The predicted octanol–water partition coefficient (Wildman–Crippen LogP) is 3.52. The second kappa shape index (κ2) is 5.83. The molecule has 2 nitrogen and oxygen atoms in total. The molecule has 0 saturated heterocycles. The molecule has 0 bridgehead atoms. The summed E-state index contributed by atoms with van der Waals surface area (Å²) in [5.41, 5.74) is 0. The Labute approximate surface area is 107 Å². The Hall–Kier alpha value is 0.400. The van der Waals surface area contributed by atoms with Gasteiger partial charge in [0.05, 0.1) is 18.3 Å². The van der Waals surface area contributed by atoms with Crippen LogP contribution in [0.25, 0.3) is 0 Å². The van der Waals surface area contributed by atoms with E-state index in [0.29, 0.717) is 17.0 Å². The zero-order chi connectivity index (χ0) is 11.5. The number of hydrogen-bond donors (Lipinski definition) is 0. The van der Waals surface area contributed by atoms with Gasteiger partial charge in [0.2, 0.25) is 0 Å². The van der Waals surface area contributed by atoms with E-state index in [1.165, 1.54) is 32.1 Å². The lowest BCUT2D eigenvalue weighted by atomic mass is 9.83. The van der Waals surface area contributed by atoms with E-state index in [-0.39, 0.29) is 6.10 Å². The molecule has 5 unspecified atom stereocenters. The molecule has 5 atom stereocenters. The molecule has 0 radical (unpaired) electrons. The van der Waals surface area contributed by atoms with Crippen molar-refractivity contribution in [1.29, 1.82) is 0 Å². The van der Waals surface area contributed by atoms with Crippen molar-refractivity contribution in [3.05, 3.63) is 0 Å². The smallest absolute Gasteiger partial charge is 0.0958 e. The molecule has 0 heterocycles. The van der Waals surface area contributed by atoms with Crippen LogP contribution in [0.1, 0.15) is 45.4 Å². The third-order valence-electron chi connectivity index (χ3n) is 4.17. The second-order valence-corrected chi connectivity index (χ2v) is 6.29. The summed E-state index contributed by atoms with van der Waals surface area (Å²) >= 11 is 3.62. The fraction of sp³-hybridized carbons (Fsp3) is 1.00. The summed E-state index contributed by atoms with van der Waals surface area (Å²) in [6.07, 6.45) is 8.76. The van der Waals surface area contributed by atoms with E-state index in [2.05, 4.69) is 22.9 Å². The average molecular weight is 291 g/mol. The van der Waals surface area contributed by atoms with Gasteiger partial charge >= 0.3 is 0 Å². The normalized spacial score (nSPS) is 44.1. The van der Waals surface area contributed by atoms with Gasteiger partial charge in [-0.25, -0.2) is 0 Å². The van der Waals surface area contributed by atoms with Gasteiger partial charge in [0.1, 0.15) is 0 Å². The van der Waals surface area contributed by atoms with Crippen LogP contribution in [0.4, 0.5) is 0 Å². The van der Waals surface area contributed by atoms with Gasteiger partial charge in [-0.2, -0.15) is 0 Å². The molecule has 0 N–H and O–H groups in total. The summed E-state index contributed by atoms with van der Waals surface area (Å²) in [5, 5.41) is 0. The highest BCUT2D eigenvalue weighted by molar-refractivity contribution is 9.09. The molecule has 16 heavy (non-hydrogen) atoms. The molecule has 2 aliphatic rings. The number of rotatable bonds is 4. The number of ether oxygens (including phenoxy) is 2. The molecule has 0 amide bonds. The first-order chi connectivity index (χ1) is 7.76. The van der Waals surface area contributed by atoms with Gasteiger partial charge in [-0.1, -0.05) is 42.1 Å². The maximum absolute atomic E-state index is 6.25. The number of halogens is 1. The van der Waals surface area contributed by atoms with Crippen molar-refractivity contribution >= 4 is 15.9 Å². The van der Waals surface area contributed by atoms with E-state index in [9.17, 15) is 0 Å². The van der Waals surface area contributed by atoms with Crippen LogP contribution in [-0.2, 0) is 9.47 Å². The highest BCUT2D eigenvalue weighted by atomic mass is 79.9. The van der Waals surface area contributed by atoms with Gasteiger partial charge in [0.25, 0.3) is 0 Å². The lowest BCUT2D eigenvalue weighted by molar-refractivity contribution is -0.153. The molecule has 0 aliphatic heterocycles. The molecule has 0 aromatic rings. The van der Waals surface area contributed by atoms with Crippen molar-refractivity contribution in [3.63, 3.8) is 0 Å². The summed E-state index contributed by atoms with van der Waals surface area (Å²) in [6, 6.07) is 0. The van der Waals surface area contributed by atoms with Crippen molar-refractivity contribution in [3.8, 4) is 0 Å². The summed E-state index contributed by atoms with van der Waals surface area (Å²) < 4.78 is 11.7. The van der Waals surface area contributed by atoms with Gasteiger partial charge in [0.15, 0.2) is 0 Å². The van der Waals surface area contributed by atoms with E-state index in [1.54, 1.807) is 7.11 Å². The lowest BCUT2D eigenvalue weighted by Gasteiger charge is -2.44. The highest BCUT2D eigenvalue weighted by Gasteiger charge is 2.42. The van der Waals surface area contributed by atoms with Crippen LogP contribution in [0.2, 0.25) is 0 Å². The fourth-order valence-electron chi connectivity index (χ4n) is 3.00. The third-order valence-corrected chi connectivity index (χ3v) is 5.06. The SMILES string of the molecule is CCC1CCCCC1OC1CC(Br)C1OC. The largest absolute Gasteiger partial charge is 0.378 e. The van der Waals surface area contributed by atoms with Gasteiger partial charge in [-0.3, -0.25) is 0 Å². The first-order valence-electron chi connectivity index (χ1n) is 6.58. The Kier molecular flexibility index (Phi) is 4.68. The first-order valence-corrected chi connectivity index (χ1v) is 7.50. The van der Waals surface area contributed by atoms with E-state index >= 15 is 0 Å². The molecule has 2 aliphatic carbocycles. The van der Waals surface area contributed by atoms with E-state index in [0.717, 1.165) is 12.3 Å². The van der Waals surface area contributed by atoms with Gasteiger partial charge in [-0.15, -0.1) is 0 Å². The minimum absolute atomic E-state index is 0.263. The standard InChI is InChI=1S/C13H23BrO2/c1-3-9-6-4-5-7-11(9)16-12-8-10(14)13(12)15-2/h9-13H,3-8H2,1-2H3. The molecule has 2 fully saturated rings. The first kappa shape index (κ1) is 12.8. The van der Waals surface area contributed by atoms with E-state index in [1.807, 2.05) is 0 Å². The van der Waals surface area contributed by atoms with Crippen molar-refractivity contribution in [2.75, 3.05) is 7.11 Å². The summed E-state index contributed by atoms with van der Waals surface area (Å²) in [6.45, 7) is 2.29. The monoisotopic (exact) mass is 290 g/mol. The Bertz CT molecular complexity index is 222. The highest BCUT2D eigenvalue weighted by Crippen LogP contribution is 2.37. The minimum Gasteiger partial charge on any atom is -0.378 e. The van der Waals surface area contributed by atoms with Gasteiger partial charge in [-0.05, 0) is 25.2 Å². The minimum atomic E-state index is 0.263. The van der Waals surface area contributed by atoms with E-state index < -0.39 is 0 Å². The van der Waals surface area contributed by atoms with Crippen molar-refractivity contribution in [2.45, 2.75) is 68.6 Å². The average Bonchev–Trinajstić information content (AvgIpc) is 2.29. The quantitative estimate of drug-likeness (QED) is 0.738. The molecule has 0 spiro atoms. The summed E-state index contributed by atoms with van der Waals surface area (Å²) in [5.74, 6) is 0.778. The molecule has 0 aromatic carbocycles. The number of hydrogen-bond acceptors (Lipinski definition) is 2. The Balaban J connectivity index is 1.83. The maximum Gasteiger partial charge on any atom is 0.0958 e. The molecular formula is C13H23BrO2. The maximum atomic E-state index is 6.25. The predicted molar refractivity (Wildman–Crippen MR) is 69.0 cm³/mol. The van der Waals surface area contributed by atoms with Crippen LogP contribution in [0, 0.1) is 5.92 Å². The van der Waals surface area contributed by atoms with Crippen LogP contribution in [-0.4, -0.2) is 30.2 Å².